The molecule has 1 unspecified atom stereocenters. The molecule has 0 aromatic rings. The van der Waals surface area contributed by atoms with Crippen LogP contribution in [0.4, 0.5) is 0 Å². The van der Waals surface area contributed by atoms with E-state index in [1.54, 1.807) is 11.8 Å². The van der Waals surface area contributed by atoms with E-state index in [1.807, 2.05) is 19.1 Å². The maximum atomic E-state index is 11.4. The lowest BCUT2D eigenvalue weighted by Gasteiger charge is -2.08. The summed E-state index contributed by atoms with van der Waals surface area (Å²) in [4.78, 5) is 11.4. The van der Waals surface area contributed by atoms with Crippen LogP contribution in [0.5, 0.6) is 0 Å². The maximum absolute atomic E-state index is 11.4. The fourth-order valence-corrected chi connectivity index (χ4v) is 2.79. The van der Waals surface area contributed by atoms with Gasteiger partial charge in [0.2, 0.25) is 0 Å². The molecule has 0 amide bonds. The highest BCUT2D eigenvalue weighted by atomic mass is 32.2. The summed E-state index contributed by atoms with van der Waals surface area (Å²) >= 11 is 1.79. The average molecular weight is 218 g/mol. The van der Waals surface area contributed by atoms with E-state index in [2.05, 4.69) is 23.6 Å². The van der Waals surface area contributed by atoms with Gasteiger partial charge >= 0.3 is 0 Å². The van der Waals surface area contributed by atoms with Gasteiger partial charge in [-0.05, 0) is 16.6 Å². The summed E-state index contributed by atoms with van der Waals surface area (Å²) in [5.41, 5.74) is 2.50. The van der Waals surface area contributed by atoms with Gasteiger partial charge in [0, 0.05) is 12.8 Å². The van der Waals surface area contributed by atoms with Crippen molar-refractivity contribution in [3.63, 3.8) is 0 Å². The molecule has 0 aromatic heterocycles. The van der Waals surface area contributed by atoms with Crippen LogP contribution in [0.3, 0.4) is 0 Å². The molecule has 78 valence electrons. The summed E-state index contributed by atoms with van der Waals surface area (Å²) in [6.45, 7) is 1.92. The minimum Gasteiger partial charge on any atom is -0.299 e. The largest absolute Gasteiger partial charge is 0.299 e. The van der Waals surface area contributed by atoms with E-state index in [1.165, 1.54) is 11.1 Å². The van der Waals surface area contributed by atoms with E-state index < -0.39 is 0 Å². The Balaban J connectivity index is 2.15. The van der Waals surface area contributed by atoms with Crippen LogP contribution in [0.15, 0.2) is 46.9 Å². The zero-order valence-electron chi connectivity index (χ0n) is 8.77. The minimum absolute atomic E-state index is 0.320. The second-order valence-electron chi connectivity index (χ2n) is 3.66. The Kier molecular flexibility index (Phi) is 3.27. The zero-order chi connectivity index (χ0) is 10.7. The van der Waals surface area contributed by atoms with Crippen LogP contribution in [-0.4, -0.2) is 11.0 Å². The summed E-state index contributed by atoms with van der Waals surface area (Å²) in [7, 11) is 0. The molecule has 0 saturated carbocycles. The minimum atomic E-state index is 0.320. The molecule has 1 aliphatic heterocycles. The molecular formula is C13H14OS. The number of rotatable bonds is 3. The number of allylic oxidation sites excluding steroid dienone is 5. The van der Waals surface area contributed by atoms with Crippen molar-refractivity contribution >= 4 is 17.5 Å². The molecule has 15 heavy (non-hydrogen) atoms. The standard InChI is InChI=1S/C13H14OS/c1-2-11(14)8-10-9-15-13-7-5-3-4-6-12(10)13/h3-7,9,13H,2,8H2,1H3. The second-order valence-corrected chi connectivity index (χ2v) is 4.68. The molecule has 2 aliphatic rings. The van der Waals surface area contributed by atoms with Crippen LogP contribution in [0, 0.1) is 0 Å². The summed E-state index contributed by atoms with van der Waals surface area (Å²) in [6, 6.07) is 0. The third kappa shape index (κ3) is 2.32. The van der Waals surface area contributed by atoms with Crippen molar-refractivity contribution in [3.8, 4) is 0 Å². The van der Waals surface area contributed by atoms with Crippen LogP contribution in [-0.2, 0) is 4.79 Å². The Hall–Kier alpha value is -1.02. The molecule has 1 atom stereocenters. The predicted octanol–water partition coefficient (Wildman–Crippen LogP) is 3.41. The number of hydrogen-bond acceptors (Lipinski definition) is 2. The lowest BCUT2D eigenvalue weighted by atomic mass is 9.98. The van der Waals surface area contributed by atoms with Crippen LogP contribution >= 0.6 is 11.8 Å². The van der Waals surface area contributed by atoms with Crippen molar-refractivity contribution in [2.45, 2.75) is 25.0 Å². The number of hydrogen-bond donors (Lipinski definition) is 0. The van der Waals surface area contributed by atoms with E-state index in [-0.39, 0.29) is 0 Å². The fourth-order valence-electron chi connectivity index (χ4n) is 1.70. The van der Waals surface area contributed by atoms with Gasteiger partial charge in [-0.3, -0.25) is 4.79 Å². The fraction of sp³-hybridized carbons (Fsp3) is 0.308. The first-order chi connectivity index (χ1) is 7.31. The Morgan fingerprint density at radius 3 is 3.07 bits per heavy atom. The Bertz CT molecular complexity index is 385. The summed E-state index contributed by atoms with van der Waals surface area (Å²) in [6.07, 6.45) is 11.7. The first-order valence-corrected chi connectivity index (χ1v) is 6.17. The van der Waals surface area contributed by atoms with Crippen molar-refractivity contribution in [3.05, 3.63) is 46.9 Å². The molecule has 0 fully saturated rings. The van der Waals surface area contributed by atoms with Gasteiger partial charge in [0.1, 0.15) is 5.78 Å². The first-order valence-electron chi connectivity index (χ1n) is 5.23. The van der Waals surface area contributed by atoms with Crippen molar-refractivity contribution < 1.29 is 4.79 Å². The molecular weight excluding hydrogens is 204 g/mol. The summed E-state index contributed by atoms with van der Waals surface area (Å²) in [5, 5.41) is 2.55. The van der Waals surface area contributed by atoms with Gasteiger partial charge in [0.15, 0.2) is 0 Å². The Morgan fingerprint density at radius 1 is 1.40 bits per heavy atom. The van der Waals surface area contributed by atoms with Crippen molar-refractivity contribution in [1.29, 1.82) is 0 Å². The SMILES string of the molecule is CCC(=O)CC1=CSC2C=CC=CC=C12. The number of carbonyl (C=O) groups is 1. The molecule has 1 aliphatic carbocycles. The van der Waals surface area contributed by atoms with E-state index in [0.29, 0.717) is 23.9 Å². The van der Waals surface area contributed by atoms with E-state index in [4.69, 9.17) is 0 Å². The average Bonchev–Trinajstić information content (AvgIpc) is 2.50. The molecule has 0 spiro atoms. The van der Waals surface area contributed by atoms with E-state index in [9.17, 15) is 4.79 Å². The lowest BCUT2D eigenvalue weighted by Crippen LogP contribution is -2.03. The van der Waals surface area contributed by atoms with Crippen molar-refractivity contribution in [1.82, 2.24) is 0 Å². The third-order valence-electron chi connectivity index (χ3n) is 2.60. The summed E-state index contributed by atoms with van der Waals surface area (Å²) in [5.74, 6) is 0.320. The molecule has 0 bridgehead atoms. The van der Waals surface area contributed by atoms with Gasteiger partial charge in [-0.1, -0.05) is 37.3 Å². The van der Waals surface area contributed by atoms with Crippen LogP contribution < -0.4 is 0 Å². The van der Waals surface area contributed by atoms with Gasteiger partial charge in [-0.25, -0.2) is 0 Å². The normalized spacial score (nSPS) is 23.1. The van der Waals surface area contributed by atoms with Gasteiger partial charge in [-0.2, -0.15) is 0 Å². The van der Waals surface area contributed by atoms with E-state index >= 15 is 0 Å². The van der Waals surface area contributed by atoms with E-state index in [0.717, 1.165) is 0 Å². The van der Waals surface area contributed by atoms with Gasteiger partial charge < -0.3 is 0 Å². The predicted molar refractivity (Wildman–Crippen MR) is 65.7 cm³/mol. The first kappa shape index (κ1) is 10.5. The zero-order valence-corrected chi connectivity index (χ0v) is 9.59. The van der Waals surface area contributed by atoms with Crippen molar-refractivity contribution in [2.24, 2.45) is 0 Å². The maximum Gasteiger partial charge on any atom is 0.137 e. The highest BCUT2D eigenvalue weighted by molar-refractivity contribution is 8.03. The smallest absolute Gasteiger partial charge is 0.137 e. The molecule has 0 radical (unpaired) electrons. The van der Waals surface area contributed by atoms with Gasteiger partial charge in [0.05, 0.1) is 5.25 Å². The second kappa shape index (κ2) is 4.67. The quantitative estimate of drug-likeness (QED) is 0.722. The van der Waals surface area contributed by atoms with Crippen LogP contribution in [0.25, 0.3) is 0 Å². The molecule has 1 nitrogen and oxygen atoms in total. The van der Waals surface area contributed by atoms with Crippen LogP contribution in [0.1, 0.15) is 19.8 Å². The Labute approximate surface area is 94.6 Å². The highest BCUT2D eigenvalue weighted by Gasteiger charge is 2.22. The lowest BCUT2D eigenvalue weighted by molar-refractivity contribution is -0.118. The molecule has 0 N–H and O–H groups in total. The molecule has 0 aromatic carbocycles. The summed E-state index contributed by atoms with van der Waals surface area (Å²) < 4.78 is 0. The number of thioether (sulfide) groups is 1. The third-order valence-corrected chi connectivity index (χ3v) is 3.72. The molecule has 1 heterocycles. The number of Topliss-reactive ketones (excluding diaryl/α,β-unsaturated/α-hetero) is 1. The number of fused-ring (bicyclic) bond motifs is 1. The highest BCUT2D eigenvalue weighted by Crippen LogP contribution is 2.38. The molecule has 2 heteroatoms. The van der Waals surface area contributed by atoms with Crippen LogP contribution in [0.2, 0.25) is 0 Å². The Morgan fingerprint density at radius 2 is 2.27 bits per heavy atom. The number of ketones is 1. The molecule has 0 saturated heterocycles. The topological polar surface area (TPSA) is 17.1 Å². The number of carbonyl (C=O) groups excluding carboxylic acids is 1. The monoisotopic (exact) mass is 218 g/mol. The van der Waals surface area contributed by atoms with Crippen molar-refractivity contribution in [2.75, 3.05) is 0 Å². The van der Waals surface area contributed by atoms with Gasteiger partial charge in [0.25, 0.3) is 0 Å². The molecule has 2 rings (SSSR count). The van der Waals surface area contributed by atoms with Gasteiger partial charge in [-0.15, -0.1) is 11.8 Å².